The summed E-state index contributed by atoms with van der Waals surface area (Å²) in [5.41, 5.74) is 7.03. The third-order valence-electron chi connectivity index (χ3n) is 5.40. The number of carbonyl (C=O) groups is 4. The van der Waals surface area contributed by atoms with E-state index in [9.17, 15) is 23.6 Å². The van der Waals surface area contributed by atoms with Gasteiger partial charge in [-0.3, -0.25) is 24.5 Å². The van der Waals surface area contributed by atoms with Crippen LogP contribution in [0.4, 0.5) is 10.1 Å². The molecule has 2 heterocycles. The zero-order valence-corrected chi connectivity index (χ0v) is 15.9. The molecule has 0 bridgehead atoms. The van der Waals surface area contributed by atoms with Crippen molar-refractivity contribution in [2.24, 2.45) is 5.73 Å². The fourth-order valence-electron chi connectivity index (χ4n) is 3.85. The molecule has 0 aromatic heterocycles. The number of primary amides is 1. The normalized spacial score (nSPS) is 18.2. The molecule has 4 N–H and O–H groups in total. The molecule has 0 saturated carbocycles. The molecular weight excluding hydrogens is 391 g/mol. The van der Waals surface area contributed by atoms with Crippen molar-refractivity contribution < 1.29 is 23.6 Å². The van der Waals surface area contributed by atoms with E-state index in [2.05, 4.69) is 10.6 Å². The number of carbonyl (C=O) groups excluding carboxylic acids is 4. The number of nitrogens with zero attached hydrogens (tertiary/aromatic N) is 1. The number of anilines is 1. The van der Waals surface area contributed by atoms with E-state index in [0.717, 1.165) is 0 Å². The van der Waals surface area contributed by atoms with Gasteiger partial charge in [-0.05, 0) is 24.6 Å². The maximum Gasteiger partial charge on any atom is 0.255 e. The zero-order valence-electron chi connectivity index (χ0n) is 15.9. The average molecular weight is 410 g/mol. The Balaban J connectivity index is 1.55. The van der Waals surface area contributed by atoms with Gasteiger partial charge in [-0.1, -0.05) is 18.2 Å². The van der Waals surface area contributed by atoms with E-state index in [4.69, 9.17) is 5.73 Å². The monoisotopic (exact) mass is 410 g/mol. The Labute approximate surface area is 171 Å². The van der Waals surface area contributed by atoms with Gasteiger partial charge in [0.15, 0.2) is 0 Å². The SMILES string of the molecule is NC(=O)c1cccc(CNc2cccc3c2CN(C2CCC(=O)NC2=O)C3=O)c1F. The molecular formula is C21H19FN4O4. The second kappa shape index (κ2) is 7.58. The number of imide groups is 1. The van der Waals surface area contributed by atoms with Crippen molar-refractivity contribution in [1.82, 2.24) is 10.2 Å². The second-order valence-electron chi connectivity index (χ2n) is 7.23. The number of piperidine rings is 1. The van der Waals surface area contributed by atoms with Crippen molar-refractivity contribution in [3.05, 3.63) is 64.5 Å². The van der Waals surface area contributed by atoms with Crippen LogP contribution in [0.3, 0.4) is 0 Å². The molecule has 0 spiro atoms. The minimum atomic E-state index is -0.847. The van der Waals surface area contributed by atoms with Gasteiger partial charge in [-0.15, -0.1) is 0 Å². The lowest BCUT2D eigenvalue weighted by Gasteiger charge is -2.29. The van der Waals surface area contributed by atoms with Crippen molar-refractivity contribution in [2.45, 2.75) is 32.0 Å². The highest BCUT2D eigenvalue weighted by molar-refractivity contribution is 6.06. The fraction of sp³-hybridized carbons (Fsp3) is 0.238. The number of fused-ring (bicyclic) bond motifs is 1. The second-order valence-corrected chi connectivity index (χ2v) is 7.23. The topological polar surface area (TPSA) is 122 Å². The number of rotatable bonds is 5. The van der Waals surface area contributed by atoms with Crippen LogP contribution in [0.15, 0.2) is 36.4 Å². The van der Waals surface area contributed by atoms with Gasteiger partial charge in [0, 0.05) is 41.9 Å². The molecule has 30 heavy (non-hydrogen) atoms. The van der Waals surface area contributed by atoms with Gasteiger partial charge in [0.25, 0.3) is 11.8 Å². The molecule has 1 fully saturated rings. The smallest absolute Gasteiger partial charge is 0.255 e. The van der Waals surface area contributed by atoms with E-state index >= 15 is 0 Å². The Kier molecular flexibility index (Phi) is 4.94. The summed E-state index contributed by atoms with van der Waals surface area (Å²) >= 11 is 0. The molecule has 2 aromatic rings. The number of nitrogens with one attached hydrogen (secondary N) is 2. The fourth-order valence-corrected chi connectivity index (χ4v) is 3.85. The van der Waals surface area contributed by atoms with Crippen LogP contribution >= 0.6 is 0 Å². The van der Waals surface area contributed by atoms with Gasteiger partial charge >= 0.3 is 0 Å². The summed E-state index contributed by atoms with van der Waals surface area (Å²) in [6, 6.07) is 8.82. The van der Waals surface area contributed by atoms with Gasteiger partial charge in [0.05, 0.1) is 5.56 Å². The summed E-state index contributed by atoms with van der Waals surface area (Å²) in [4.78, 5) is 49.2. The Bertz CT molecular complexity index is 1080. The van der Waals surface area contributed by atoms with Crippen LogP contribution in [0.5, 0.6) is 0 Å². The number of benzene rings is 2. The van der Waals surface area contributed by atoms with Crippen LogP contribution in [0.2, 0.25) is 0 Å². The van der Waals surface area contributed by atoms with E-state index in [1.54, 1.807) is 30.3 Å². The first-order valence-corrected chi connectivity index (χ1v) is 9.44. The van der Waals surface area contributed by atoms with E-state index in [1.807, 2.05) is 0 Å². The van der Waals surface area contributed by atoms with Gasteiger partial charge in [0.1, 0.15) is 11.9 Å². The summed E-state index contributed by atoms with van der Waals surface area (Å²) < 4.78 is 14.5. The first-order chi connectivity index (χ1) is 14.4. The molecule has 4 amide bonds. The lowest BCUT2D eigenvalue weighted by molar-refractivity contribution is -0.136. The van der Waals surface area contributed by atoms with Crippen LogP contribution in [0, 0.1) is 5.82 Å². The van der Waals surface area contributed by atoms with Crippen LogP contribution in [-0.2, 0) is 22.7 Å². The minimum Gasteiger partial charge on any atom is -0.381 e. The standard InChI is InChI=1S/C21H19FN4O4/c22-18-11(3-1-5-13(18)19(23)28)9-24-15-6-2-4-12-14(15)10-26(21(12)30)16-7-8-17(27)25-20(16)29/h1-6,16,24H,7-10H2,(H2,23,28)(H,25,27,29). The van der Waals surface area contributed by atoms with Crippen molar-refractivity contribution in [1.29, 1.82) is 0 Å². The number of hydrogen-bond donors (Lipinski definition) is 3. The van der Waals surface area contributed by atoms with Crippen molar-refractivity contribution in [3.8, 4) is 0 Å². The number of nitrogens with two attached hydrogens (primary N) is 1. The predicted molar refractivity (Wildman–Crippen MR) is 105 cm³/mol. The largest absolute Gasteiger partial charge is 0.381 e. The van der Waals surface area contributed by atoms with E-state index in [1.165, 1.54) is 11.0 Å². The summed E-state index contributed by atoms with van der Waals surface area (Å²) in [6.07, 6.45) is 0.454. The molecule has 4 rings (SSSR count). The van der Waals surface area contributed by atoms with E-state index < -0.39 is 23.7 Å². The van der Waals surface area contributed by atoms with Crippen molar-refractivity contribution in [3.63, 3.8) is 0 Å². The highest BCUT2D eigenvalue weighted by Gasteiger charge is 2.39. The van der Waals surface area contributed by atoms with E-state index in [-0.39, 0.29) is 48.9 Å². The first kappa shape index (κ1) is 19.6. The molecule has 1 saturated heterocycles. The average Bonchev–Trinajstić information content (AvgIpc) is 3.04. The number of amides is 4. The molecule has 8 nitrogen and oxygen atoms in total. The highest BCUT2D eigenvalue weighted by Crippen LogP contribution is 2.32. The van der Waals surface area contributed by atoms with Crippen molar-refractivity contribution in [2.75, 3.05) is 5.32 Å². The zero-order chi connectivity index (χ0) is 21.4. The summed E-state index contributed by atoms with van der Waals surface area (Å²) in [5, 5.41) is 5.37. The minimum absolute atomic E-state index is 0.0794. The highest BCUT2D eigenvalue weighted by atomic mass is 19.1. The third-order valence-corrected chi connectivity index (χ3v) is 5.40. The predicted octanol–water partition coefficient (Wildman–Crippen LogP) is 1.30. The summed E-state index contributed by atoms with van der Waals surface area (Å²) in [5.74, 6) is -2.65. The number of halogens is 1. The van der Waals surface area contributed by atoms with Crippen molar-refractivity contribution >= 4 is 29.3 Å². The molecule has 2 aliphatic heterocycles. The first-order valence-electron chi connectivity index (χ1n) is 9.44. The van der Waals surface area contributed by atoms with Gasteiger partial charge < -0.3 is 16.0 Å². The molecule has 2 aromatic carbocycles. The summed E-state index contributed by atoms with van der Waals surface area (Å²) in [7, 11) is 0. The quantitative estimate of drug-likeness (QED) is 0.642. The Morgan fingerprint density at radius 3 is 2.70 bits per heavy atom. The molecule has 2 aliphatic rings. The van der Waals surface area contributed by atoms with Crippen LogP contribution in [0.25, 0.3) is 0 Å². The molecule has 1 unspecified atom stereocenters. The Hall–Kier alpha value is -3.75. The maximum absolute atomic E-state index is 14.5. The lowest BCUT2D eigenvalue weighted by Crippen LogP contribution is -2.52. The van der Waals surface area contributed by atoms with Gasteiger partial charge in [-0.25, -0.2) is 4.39 Å². The number of hydrogen-bond acceptors (Lipinski definition) is 5. The molecule has 0 radical (unpaired) electrons. The van der Waals surface area contributed by atoms with Gasteiger partial charge in [0.2, 0.25) is 11.8 Å². The van der Waals surface area contributed by atoms with Crippen LogP contribution in [-0.4, -0.2) is 34.6 Å². The Morgan fingerprint density at radius 1 is 1.20 bits per heavy atom. The van der Waals surface area contributed by atoms with E-state index in [0.29, 0.717) is 16.8 Å². The molecule has 0 aliphatic carbocycles. The maximum atomic E-state index is 14.5. The lowest BCUT2D eigenvalue weighted by atomic mass is 10.0. The molecule has 1 atom stereocenters. The Morgan fingerprint density at radius 2 is 1.97 bits per heavy atom. The molecule has 9 heteroatoms. The molecule has 154 valence electrons. The van der Waals surface area contributed by atoms with Crippen LogP contribution in [0.1, 0.15) is 44.7 Å². The summed E-state index contributed by atoms with van der Waals surface area (Å²) in [6.45, 7) is 0.281. The third kappa shape index (κ3) is 3.38. The van der Waals surface area contributed by atoms with Crippen LogP contribution < -0.4 is 16.4 Å². The van der Waals surface area contributed by atoms with Gasteiger partial charge in [-0.2, -0.15) is 0 Å².